The molecule has 1 heterocycles. The molecule has 0 aromatic rings. The molecule has 2 rings (SSSR count). The van der Waals surface area contributed by atoms with Crippen molar-refractivity contribution >= 4 is 5.91 Å². The summed E-state index contributed by atoms with van der Waals surface area (Å²) in [6.07, 6.45) is 6.16. The highest BCUT2D eigenvalue weighted by molar-refractivity contribution is 5.87. The predicted octanol–water partition coefficient (Wildman–Crippen LogP) is 1.49. The van der Waals surface area contributed by atoms with Crippen LogP contribution in [0.25, 0.3) is 0 Å². The van der Waals surface area contributed by atoms with Crippen LogP contribution in [0.4, 0.5) is 0 Å². The van der Waals surface area contributed by atoms with Crippen LogP contribution in [-0.4, -0.2) is 25.2 Å². The van der Waals surface area contributed by atoms with Crippen LogP contribution in [0.15, 0.2) is 12.7 Å². The van der Waals surface area contributed by atoms with E-state index in [0.717, 1.165) is 19.6 Å². The van der Waals surface area contributed by atoms with Crippen LogP contribution in [0.5, 0.6) is 0 Å². The van der Waals surface area contributed by atoms with E-state index in [1.807, 2.05) is 0 Å². The van der Waals surface area contributed by atoms with Gasteiger partial charge in [0.2, 0.25) is 5.91 Å². The van der Waals surface area contributed by atoms with Crippen molar-refractivity contribution in [1.29, 1.82) is 0 Å². The lowest BCUT2D eigenvalue weighted by molar-refractivity contribution is -0.118. The minimum absolute atomic E-state index is 0.0440. The average molecular weight is 209 g/mol. The molecule has 0 radical (unpaired) electrons. The summed E-state index contributed by atoms with van der Waals surface area (Å²) in [5, 5.41) is 3.06. The molecule has 2 unspecified atom stereocenters. The van der Waals surface area contributed by atoms with E-state index in [0.29, 0.717) is 17.9 Å². The average Bonchev–Trinajstić information content (AvgIpc) is 3.10. The summed E-state index contributed by atoms with van der Waals surface area (Å²) >= 11 is 0. The Hall–Kier alpha value is -0.830. The third-order valence-corrected chi connectivity index (χ3v) is 3.33. The van der Waals surface area contributed by atoms with Gasteiger partial charge in [0.05, 0.1) is 6.61 Å². The third kappa shape index (κ3) is 2.81. The van der Waals surface area contributed by atoms with E-state index in [-0.39, 0.29) is 5.91 Å². The van der Waals surface area contributed by atoms with Gasteiger partial charge in [0.1, 0.15) is 0 Å². The van der Waals surface area contributed by atoms with Crippen LogP contribution in [-0.2, 0) is 9.53 Å². The molecule has 3 nitrogen and oxygen atoms in total. The zero-order valence-corrected chi connectivity index (χ0v) is 9.08. The Labute approximate surface area is 90.9 Å². The van der Waals surface area contributed by atoms with Gasteiger partial charge in [-0.2, -0.15) is 0 Å². The summed E-state index contributed by atoms with van der Waals surface area (Å²) in [6.45, 7) is 5.18. The molecule has 0 aromatic carbocycles. The van der Waals surface area contributed by atoms with Gasteiger partial charge in [0.15, 0.2) is 0 Å². The molecule has 1 aliphatic heterocycles. The minimum Gasteiger partial charge on any atom is -0.381 e. The van der Waals surface area contributed by atoms with E-state index in [4.69, 9.17) is 4.74 Å². The Morgan fingerprint density at radius 3 is 2.73 bits per heavy atom. The zero-order valence-electron chi connectivity index (χ0n) is 9.08. The Morgan fingerprint density at radius 2 is 2.20 bits per heavy atom. The molecule has 0 aromatic heterocycles. The van der Waals surface area contributed by atoms with Crippen molar-refractivity contribution < 1.29 is 9.53 Å². The molecule has 0 bridgehead atoms. The van der Waals surface area contributed by atoms with Crippen LogP contribution in [0.3, 0.4) is 0 Å². The molecule has 1 saturated carbocycles. The van der Waals surface area contributed by atoms with Gasteiger partial charge >= 0.3 is 0 Å². The normalized spacial score (nSPS) is 28.1. The quantitative estimate of drug-likeness (QED) is 0.712. The highest BCUT2D eigenvalue weighted by atomic mass is 16.5. The molecule has 15 heavy (non-hydrogen) atoms. The lowest BCUT2D eigenvalue weighted by Gasteiger charge is -2.30. The van der Waals surface area contributed by atoms with Gasteiger partial charge in [-0.3, -0.25) is 4.79 Å². The van der Waals surface area contributed by atoms with Gasteiger partial charge in [-0.05, 0) is 37.7 Å². The number of carbonyl (C=O) groups excluding carboxylic acids is 1. The Balaban J connectivity index is 1.92. The summed E-state index contributed by atoms with van der Waals surface area (Å²) in [5.41, 5.74) is 0. The highest BCUT2D eigenvalue weighted by Crippen LogP contribution is 2.37. The van der Waals surface area contributed by atoms with E-state index in [1.54, 1.807) is 0 Å². The van der Waals surface area contributed by atoms with Gasteiger partial charge in [0, 0.05) is 18.6 Å². The van der Waals surface area contributed by atoms with Gasteiger partial charge in [-0.15, -0.1) is 0 Å². The maximum atomic E-state index is 11.3. The fraction of sp³-hybridized carbons (Fsp3) is 0.750. The second kappa shape index (κ2) is 4.79. The first-order valence-corrected chi connectivity index (χ1v) is 5.82. The maximum Gasteiger partial charge on any atom is 0.243 e. The zero-order chi connectivity index (χ0) is 10.7. The van der Waals surface area contributed by atoms with E-state index in [2.05, 4.69) is 11.9 Å². The number of nitrogens with one attached hydrogen (secondary N) is 1. The molecule has 0 spiro atoms. The monoisotopic (exact) mass is 209 g/mol. The van der Waals surface area contributed by atoms with Crippen LogP contribution in [0, 0.1) is 11.8 Å². The first-order chi connectivity index (χ1) is 7.31. The van der Waals surface area contributed by atoms with Crippen molar-refractivity contribution in [2.75, 3.05) is 13.2 Å². The van der Waals surface area contributed by atoms with Crippen molar-refractivity contribution in [3.8, 4) is 0 Å². The Morgan fingerprint density at radius 1 is 1.40 bits per heavy atom. The van der Waals surface area contributed by atoms with Crippen molar-refractivity contribution in [3.63, 3.8) is 0 Å². The van der Waals surface area contributed by atoms with E-state index < -0.39 is 0 Å². The molecule has 2 atom stereocenters. The number of amides is 1. The SMILES string of the molecule is C=CC(=O)NC(C1CC1)C1CCCOC1. The molecule has 2 aliphatic rings. The molecule has 84 valence electrons. The molecule has 3 heteroatoms. The Kier molecular flexibility index (Phi) is 3.41. The molecular weight excluding hydrogens is 190 g/mol. The number of ether oxygens (including phenoxy) is 1. The second-order valence-corrected chi connectivity index (χ2v) is 4.55. The number of rotatable bonds is 4. The Bertz CT molecular complexity index is 242. The lowest BCUT2D eigenvalue weighted by atomic mass is 9.90. The van der Waals surface area contributed by atoms with Gasteiger partial charge in [-0.1, -0.05) is 6.58 Å². The van der Waals surface area contributed by atoms with Crippen LogP contribution < -0.4 is 5.32 Å². The molecule has 1 saturated heterocycles. The first kappa shape index (κ1) is 10.7. The smallest absolute Gasteiger partial charge is 0.243 e. The van der Waals surface area contributed by atoms with E-state index in [1.165, 1.54) is 25.3 Å². The third-order valence-electron chi connectivity index (χ3n) is 3.33. The standard InChI is InChI=1S/C12H19NO2/c1-2-11(14)13-12(9-5-6-9)10-4-3-7-15-8-10/h2,9-10,12H,1,3-8H2,(H,13,14). The largest absolute Gasteiger partial charge is 0.381 e. The van der Waals surface area contributed by atoms with Gasteiger partial charge in [0.25, 0.3) is 0 Å². The topological polar surface area (TPSA) is 38.3 Å². The molecule has 2 fully saturated rings. The highest BCUT2D eigenvalue weighted by Gasteiger charge is 2.37. The summed E-state index contributed by atoms with van der Waals surface area (Å²) in [4.78, 5) is 11.3. The van der Waals surface area contributed by atoms with Gasteiger partial charge < -0.3 is 10.1 Å². The maximum absolute atomic E-state index is 11.3. The molecule has 1 N–H and O–H groups in total. The van der Waals surface area contributed by atoms with Crippen molar-refractivity contribution in [1.82, 2.24) is 5.32 Å². The first-order valence-electron chi connectivity index (χ1n) is 5.82. The number of hydrogen-bond acceptors (Lipinski definition) is 2. The summed E-state index contributed by atoms with van der Waals surface area (Å²) in [5.74, 6) is 1.15. The van der Waals surface area contributed by atoms with Crippen molar-refractivity contribution in [2.24, 2.45) is 11.8 Å². The summed E-state index contributed by atoms with van der Waals surface area (Å²) in [7, 11) is 0. The van der Waals surface area contributed by atoms with Crippen LogP contribution >= 0.6 is 0 Å². The van der Waals surface area contributed by atoms with E-state index >= 15 is 0 Å². The van der Waals surface area contributed by atoms with Crippen LogP contribution in [0.2, 0.25) is 0 Å². The fourth-order valence-electron chi connectivity index (χ4n) is 2.35. The second-order valence-electron chi connectivity index (χ2n) is 4.55. The van der Waals surface area contributed by atoms with E-state index in [9.17, 15) is 4.79 Å². The molecule has 1 aliphatic carbocycles. The fourth-order valence-corrected chi connectivity index (χ4v) is 2.35. The minimum atomic E-state index is -0.0440. The summed E-state index contributed by atoms with van der Waals surface area (Å²) < 4.78 is 5.48. The molecular formula is C12H19NO2. The number of carbonyl (C=O) groups is 1. The predicted molar refractivity (Wildman–Crippen MR) is 58.4 cm³/mol. The van der Waals surface area contributed by atoms with Gasteiger partial charge in [-0.25, -0.2) is 0 Å². The van der Waals surface area contributed by atoms with Crippen molar-refractivity contribution in [2.45, 2.75) is 31.7 Å². The van der Waals surface area contributed by atoms with Crippen molar-refractivity contribution in [3.05, 3.63) is 12.7 Å². The lowest BCUT2D eigenvalue weighted by Crippen LogP contribution is -2.44. The molecule has 1 amide bonds. The summed E-state index contributed by atoms with van der Waals surface area (Å²) in [6, 6.07) is 0.316. The van der Waals surface area contributed by atoms with Crippen LogP contribution in [0.1, 0.15) is 25.7 Å². The number of hydrogen-bond donors (Lipinski definition) is 1.